The molecule has 0 aromatic carbocycles. The van der Waals surface area contributed by atoms with Gasteiger partial charge in [0.15, 0.2) is 12.4 Å². The highest BCUT2D eigenvalue weighted by molar-refractivity contribution is 7.85. The number of esters is 2. The van der Waals surface area contributed by atoms with Gasteiger partial charge < -0.3 is 34.3 Å². The Morgan fingerprint density at radius 1 is 0.567 bits per heavy atom. The third kappa shape index (κ3) is 31.2. The largest absolute Gasteiger partial charge is 0.462 e. The van der Waals surface area contributed by atoms with E-state index in [0.717, 1.165) is 57.8 Å². The van der Waals surface area contributed by atoms with Crippen LogP contribution in [0.4, 0.5) is 0 Å². The van der Waals surface area contributed by atoms with Crippen LogP contribution in [0.1, 0.15) is 168 Å². The number of carbonyl (C=O) groups is 2. The lowest BCUT2D eigenvalue weighted by molar-refractivity contribution is -0.297. The fraction of sp³-hybridized carbons (Fsp3) is 0.745. The first kappa shape index (κ1) is 55.4. The Kier molecular flexibility index (Phi) is 34.1. The van der Waals surface area contributed by atoms with Crippen molar-refractivity contribution in [3.05, 3.63) is 60.8 Å². The van der Waals surface area contributed by atoms with Crippen LogP contribution in [0.25, 0.3) is 0 Å². The molecule has 1 rings (SSSR count). The maximum atomic E-state index is 12.8. The van der Waals surface area contributed by atoms with Crippen LogP contribution in [0, 0.1) is 0 Å². The van der Waals surface area contributed by atoms with Gasteiger partial charge in [-0.15, -0.1) is 0 Å². The van der Waals surface area contributed by atoms with Gasteiger partial charge >= 0.3 is 11.9 Å². The summed E-state index contributed by atoms with van der Waals surface area (Å²) in [5.74, 6) is -2.09. The second kappa shape index (κ2) is 37.0. The van der Waals surface area contributed by atoms with E-state index in [1.54, 1.807) is 0 Å². The van der Waals surface area contributed by atoms with Gasteiger partial charge in [0.2, 0.25) is 0 Å². The fourth-order valence-electron chi connectivity index (χ4n) is 6.51. The lowest BCUT2D eigenvalue weighted by atomic mass is 10.00. The van der Waals surface area contributed by atoms with Gasteiger partial charge in [-0.2, -0.15) is 8.42 Å². The monoisotopic (exact) mass is 869 g/mol. The first-order valence-corrected chi connectivity index (χ1v) is 24.5. The van der Waals surface area contributed by atoms with Crippen LogP contribution in [0.2, 0.25) is 0 Å². The van der Waals surface area contributed by atoms with E-state index in [0.29, 0.717) is 12.8 Å². The molecule has 13 heteroatoms. The zero-order valence-electron chi connectivity index (χ0n) is 36.8. The molecule has 12 nitrogen and oxygen atoms in total. The molecule has 0 spiro atoms. The van der Waals surface area contributed by atoms with Gasteiger partial charge in [-0.25, -0.2) is 0 Å². The molecule has 1 aliphatic rings. The van der Waals surface area contributed by atoms with Crippen LogP contribution in [0.15, 0.2) is 60.8 Å². The maximum absolute atomic E-state index is 12.8. The topological polar surface area (TPSA) is 186 Å². The van der Waals surface area contributed by atoms with Gasteiger partial charge in [-0.05, 0) is 64.2 Å². The number of hydrogen-bond donors (Lipinski definition) is 4. The highest BCUT2D eigenvalue weighted by Gasteiger charge is 2.46. The van der Waals surface area contributed by atoms with Gasteiger partial charge in [0, 0.05) is 12.8 Å². The molecule has 1 heterocycles. The average molecular weight is 869 g/mol. The van der Waals surface area contributed by atoms with Crippen LogP contribution in [-0.4, -0.2) is 96.0 Å². The summed E-state index contributed by atoms with van der Waals surface area (Å²) in [6.45, 7) is 3.63. The van der Waals surface area contributed by atoms with E-state index in [-0.39, 0.29) is 19.4 Å². The van der Waals surface area contributed by atoms with Crippen molar-refractivity contribution in [2.75, 3.05) is 19.0 Å². The number of unbranched alkanes of at least 4 members (excludes halogenated alkanes) is 15. The predicted octanol–water partition coefficient (Wildman–Crippen LogP) is 9.34. The summed E-state index contributed by atoms with van der Waals surface area (Å²) in [6.07, 6.45) is 35.6. The number of aliphatic hydroxyl groups is 3. The fourth-order valence-corrected chi connectivity index (χ4v) is 7.20. The molecule has 0 amide bonds. The van der Waals surface area contributed by atoms with Crippen molar-refractivity contribution >= 4 is 22.1 Å². The Bertz CT molecular complexity index is 1340. The number of hydrogen-bond acceptors (Lipinski definition) is 11. The van der Waals surface area contributed by atoms with Crippen LogP contribution in [-0.2, 0) is 38.7 Å². The molecule has 1 saturated heterocycles. The van der Waals surface area contributed by atoms with E-state index in [4.69, 9.17) is 18.9 Å². The summed E-state index contributed by atoms with van der Waals surface area (Å²) in [5, 5.41) is 30.9. The highest BCUT2D eigenvalue weighted by atomic mass is 32.2. The predicted molar refractivity (Wildman–Crippen MR) is 238 cm³/mol. The lowest BCUT2D eigenvalue weighted by Gasteiger charge is -2.40. The number of allylic oxidation sites excluding steroid dienone is 10. The second-order valence-electron chi connectivity index (χ2n) is 15.7. The van der Waals surface area contributed by atoms with Gasteiger partial charge in [-0.3, -0.25) is 14.1 Å². The first-order valence-electron chi connectivity index (χ1n) is 22.8. The Labute approximate surface area is 362 Å². The smallest absolute Gasteiger partial charge is 0.306 e. The Balaban J connectivity index is 2.49. The van der Waals surface area contributed by atoms with E-state index < -0.39 is 71.2 Å². The molecule has 346 valence electrons. The maximum Gasteiger partial charge on any atom is 0.306 e. The molecular formula is C47H80O12S. The van der Waals surface area contributed by atoms with Gasteiger partial charge in [0.25, 0.3) is 10.1 Å². The van der Waals surface area contributed by atoms with Crippen LogP contribution in [0.5, 0.6) is 0 Å². The van der Waals surface area contributed by atoms with Crippen LogP contribution < -0.4 is 0 Å². The first-order chi connectivity index (χ1) is 29.0. The van der Waals surface area contributed by atoms with Crippen molar-refractivity contribution in [2.45, 2.75) is 205 Å². The number of rotatable bonds is 37. The zero-order chi connectivity index (χ0) is 44.1. The normalized spacial score (nSPS) is 20.7. The van der Waals surface area contributed by atoms with Crippen molar-refractivity contribution < 1.29 is 56.8 Å². The van der Waals surface area contributed by atoms with E-state index in [1.807, 2.05) is 6.08 Å². The number of aliphatic hydroxyl groups excluding tert-OH is 3. The lowest BCUT2D eigenvalue weighted by Crippen LogP contribution is -2.60. The Morgan fingerprint density at radius 3 is 1.63 bits per heavy atom. The SMILES string of the molecule is CCC/C=C/C/C=C/C/C=C/C/C=C/CCCCCC(=O)OC[C@H](CO[C@H]1O[C@H](CS(=O)(=O)O)[C@@H](O)C(O)C1O)OC(=O)CC/C=C/CCCCCCCCCCCCC. The zero-order valence-corrected chi connectivity index (χ0v) is 37.6. The molecule has 0 bridgehead atoms. The summed E-state index contributed by atoms with van der Waals surface area (Å²) >= 11 is 0. The number of carbonyl (C=O) groups excluding carboxylic acids is 2. The van der Waals surface area contributed by atoms with E-state index in [2.05, 4.69) is 68.5 Å². The molecule has 0 aromatic heterocycles. The van der Waals surface area contributed by atoms with E-state index in [9.17, 15) is 37.9 Å². The molecule has 6 atom stereocenters. The van der Waals surface area contributed by atoms with Crippen LogP contribution in [0.3, 0.4) is 0 Å². The molecule has 0 radical (unpaired) electrons. The Morgan fingerprint density at radius 2 is 1.07 bits per heavy atom. The minimum absolute atomic E-state index is 0.0719. The third-order valence-electron chi connectivity index (χ3n) is 10.1. The Hall–Kier alpha value is -2.65. The molecule has 60 heavy (non-hydrogen) atoms. The van der Waals surface area contributed by atoms with Gasteiger partial charge in [0.05, 0.1) is 6.61 Å². The number of ether oxygens (including phenoxy) is 4. The minimum atomic E-state index is -4.61. The quantitative estimate of drug-likeness (QED) is 0.0201. The van der Waals surface area contributed by atoms with E-state index in [1.165, 1.54) is 70.6 Å². The molecule has 0 aromatic rings. The molecule has 0 saturated carbocycles. The van der Waals surface area contributed by atoms with Crippen molar-refractivity contribution in [3.63, 3.8) is 0 Å². The van der Waals surface area contributed by atoms with Crippen molar-refractivity contribution in [1.82, 2.24) is 0 Å². The van der Waals surface area contributed by atoms with Gasteiger partial charge in [0.1, 0.15) is 36.8 Å². The highest BCUT2D eigenvalue weighted by Crippen LogP contribution is 2.24. The van der Waals surface area contributed by atoms with Crippen molar-refractivity contribution in [3.8, 4) is 0 Å². The van der Waals surface area contributed by atoms with Crippen molar-refractivity contribution in [1.29, 1.82) is 0 Å². The molecule has 2 unspecified atom stereocenters. The van der Waals surface area contributed by atoms with Gasteiger partial charge in [-0.1, -0.05) is 152 Å². The third-order valence-corrected chi connectivity index (χ3v) is 10.8. The molecule has 1 fully saturated rings. The molecular weight excluding hydrogens is 789 g/mol. The molecule has 1 aliphatic heterocycles. The summed E-state index contributed by atoms with van der Waals surface area (Å²) in [4.78, 5) is 25.4. The summed E-state index contributed by atoms with van der Waals surface area (Å²) in [6, 6.07) is 0. The minimum Gasteiger partial charge on any atom is -0.462 e. The summed E-state index contributed by atoms with van der Waals surface area (Å²) in [7, 11) is -4.61. The molecule has 4 N–H and O–H groups in total. The average Bonchev–Trinajstić information content (AvgIpc) is 3.21. The second-order valence-corrected chi connectivity index (χ2v) is 17.2. The van der Waals surface area contributed by atoms with Crippen molar-refractivity contribution in [2.24, 2.45) is 0 Å². The summed E-state index contributed by atoms with van der Waals surface area (Å²) in [5.41, 5.74) is 0. The standard InChI is InChI=1S/C47H80O12S/c1-3-5-7-9-11-13-15-17-19-20-22-23-25-27-29-31-33-35-42(48)56-37-40(38-57-47-46(52)45(51)44(50)41(59-47)39-60(53,54)55)58-43(49)36-34-32-30-28-26-24-21-18-16-14-12-10-8-6-4-2/h7,9,13,15,19-20,23,25,30,32,40-41,44-47,50-52H,3-6,8,10-12,14,16-18,21-22,24,26-29,31,33-39H2,1-2H3,(H,53,54,55)/b9-7+,15-13+,20-19+,25-23+,32-30+/t40-,41-,44-,45?,46?,47+/m1/s1. The van der Waals surface area contributed by atoms with Crippen LogP contribution >= 0.6 is 0 Å². The summed E-state index contributed by atoms with van der Waals surface area (Å²) < 4.78 is 54.0. The van der Waals surface area contributed by atoms with E-state index >= 15 is 0 Å². The molecule has 0 aliphatic carbocycles.